The van der Waals surface area contributed by atoms with E-state index >= 15 is 0 Å². The van der Waals surface area contributed by atoms with Crippen molar-refractivity contribution in [1.82, 2.24) is 9.97 Å². The first kappa shape index (κ1) is 24.2. The third-order valence-corrected chi connectivity index (χ3v) is 8.07. The highest BCUT2D eigenvalue weighted by Gasteiger charge is 2.09. The van der Waals surface area contributed by atoms with Crippen LogP contribution >= 0.6 is 0 Å². The summed E-state index contributed by atoms with van der Waals surface area (Å²) in [6.07, 6.45) is 8.56. The highest BCUT2D eigenvalue weighted by atomic mass is 14.8. The molecule has 2 heteroatoms. The summed E-state index contributed by atoms with van der Waals surface area (Å²) in [5, 5.41) is 9.93. The minimum atomic E-state index is 0.840. The van der Waals surface area contributed by atoms with Crippen LogP contribution in [-0.2, 0) is 0 Å². The van der Waals surface area contributed by atoms with Crippen molar-refractivity contribution in [1.29, 1.82) is 0 Å². The molecule has 1 heterocycles. The zero-order chi connectivity index (χ0) is 27.9. The molecule has 0 aliphatic carbocycles. The topological polar surface area (TPSA) is 25.8 Å². The largest absolute Gasteiger partial charge is 0.245 e. The Labute approximate surface area is 243 Å². The molecule has 0 unspecified atom stereocenters. The lowest BCUT2D eigenvalue weighted by molar-refractivity contribution is 1.24. The van der Waals surface area contributed by atoms with Gasteiger partial charge in [-0.05, 0) is 90.6 Å². The summed E-state index contributed by atoms with van der Waals surface area (Å²) in [6, 6.07) is 47.0. The molecule has 1 aromatic heterocycles. The normalized spacial score (nSPS) is 12.1. The van der Waals surface area contributed by atoms with Gasteiger partial charge in [-0.1, -0.05) is 121 Å². The second-order valence-corrected chi connectivity index (χ2v) is 10.6. The van der Waals surface area contributed by atoms with Crippen LogP contribution in [0.3, 0.4) is 0 Å². The summed E-state index contributed by atoms with van der Waals surface area (Å²) in [5.41, 5.74) is 5.77. The summed E-state index contributed by atoms with van der Waals surface area (Å²) < 4.78 is 0. The molecule has 0 amide bonds. The van der Waals surface area contributed by atoms with Gasteiger partial charge in [-0.3, -0.25) is 0 Å². The number of para-hydroxylation sites is 2. The highest BCUT2D eigenvalue weighted by Crippen LogP contribution is 2.32. The van der Waals surface area contributed by atoms with E-state index in [1.807, 2.05) is 24.3 Å². The minimum absolute atomic E-state index is 0.840. The van der Waals surface area contributed by atoms with E-state index in [9.17, 15) is 0 Å². The molecule has 0 saturated heterocycles. The summed E-state index contributed by atoms with van der Waals surface area (Å²) in [6.45, 7) is 0. The average molecular weight is 535 g/mol. The SMILES string of the molecule is C(=Cc1cc2ccccc2c2ccccc12)c1nc2ccccc2nc1C=Cc1cc2ccccc2c2ccccc12. The average Bonchev–Trinajstić information content (AvgIpc) is 3.06. The molecule has 0 fully saturated rings. The van der Waals surface area contributed by atoms with Crippen molar-refractivity contribution < 1.29 is 0 Å². The van der Waals surface area contributed by atoms with Gasteiger partial charge in [-0.25, -0.2) is 9.97 Å². The van der Waals surface area contributed by atoms with Crippen LogP contribution in [0.25, 0.3) is 78.4 Å². The third kappa shape index (κ3) is 4.22. The van der Waals surface area contributed by atoms with Crippen LogP contribution in [0.4, 0.5) is 0 Å². The molecule has 2 nitrogen and oxygen atoms in total. The second-order valence-electron chi connectivity index (χ2n) is 10.6. The van der Waals surface area contributed by atoms with Crippen LogP contribution in [0.5, 0.6) is 0 Å². The molecule has 0 aliphatic rings. The van der Waals surface area contributed by atoms with Crippen molar-refractivity contribution in [2.45, 2.75) is 0 Å². The summed E-state index contributed by atoms with van der Waals surface area (Å²) >= 11 is 0. The number of rotatable bonds is 4. The first-order valence-electron chi connectivity index (χ1n) is 14.3. The Balaban J connectivity index is 1.28. The van der Waals surface area contributed by atoms with Gasteiger partial charge in [-0.2, -0.15) is 0 Å². The molecule has 0 spiro atoms. The Morgan fingerprint density at radius 1 is 0.333 bits per heavy atom. The molecule has 8 rings (SSSR count). The maximum atomic E-state index is 5.06. The highest BCUT2D eigenvalue weighted by molar-refractivity contribution is 6.12. The molecule has 0 atom stereocenters. The van der Waals surface area contributed by atoms with Gasteiger partial charge in [0.15, 0.2) is 0 Å². The molecule has 8 aromatic rings. The van der Waals surface area contributed by atoms with Gasteiger partial charge in [0.05, 0.1) is 22.4 Å². The Kier molecular flexibility index (Phi) is 5.82. The molecule has 7 aromatic carbocycles. The maximum Gasteiger partial charge on any atom is 0.0894 e. The fraction of sp³-hybridized carbons (Fsp3) is 0. The lowest BCUT2D eigenvalue weighted by atomic mass is 9.96. The quantitative estimate of drug-likeness (QED) is 0.210. The molecule has 0 radical (unpaired) electrons. The predicted octanol–water partition coefficient (Wildman–Crippen LogP) is 10.6. The fourth-order valence-corrected chi connectivity index (χ4v) is 6.05. The van der Waals surface area contributed by atoms with E-state index in [1.54, 1.807) is 0 Å². The third-order valence-electron chi connectivity index (χ3n) is 8.07. The minimum Gasteiger partial charge on any atom is -0.245 e. The van der Waals surface area contributed by atoms with Crippen LogP contribution in [0.15, 0.2) is 133 Å². The number of hydrogen-bond donors (Lipinski definition) is 0. The lowest BCUT2D eigenvalue weighted by Crippen LogP contribution is -1.94. The lowest BCUT2D eigenvalue weighted by Gasteiger charge is -2.09. The number of benzene rings is 7. The molecule has 0 aliphatic heterocycles. The monoisotopic (exact) mass is 534 g/mol. The van der Waals surface area contributed by atoms with E-state index in [4.69, 9.17) is 9.97 Å². The van der Waals surface area contributed by atoms with Gasteiger partial charge in [-0.15, -0.1) is 0 Å². The van der Waals surface area contributed by atoms with Gasteiger partial charge >= 0.3 is 0 Å². The number of nitrogens with zero attached hydrogens (tertiary/aromatic N) is 2. The van der Waals surface area contributed by atoms with Crippen LogP contribution in [0.1, 0.15) is 22.5 Å². The first-order valence-corrected chi connectivity index (χ1v) is 14.3. The Morgan fingerprint density at radius 3 is 1.14 bits per heavy atom. The van der Waals surface area contributed by atoms with E-state index < -0.39 is 0 Å². The van der Waals surface area contributed by atoms with Gasteiger partial charge in [0, 0.05) is 0 Å². The molecule has 42 heavy (non-hydrogen) atoms. The molecule has 0 bridgehead atoms. The van der Waals surface area contributed by atoms with Crippen LogP contribution in [-0.4, -0.2) is 9.97 Å². The Morgan fingerprint density at radius 2 is 0.690 bits per heavy atom. The predicted molar refractivity (Wildman–Crippen MR) is 180 cm³/mol. The summed E-state index contributed by atoms with van der Waals surface area (Å²) in [4.78, 5) is 10.1. The van der Waals surface area contributed by atoms with Crippen molar-refractivity contribution >= 4 is 78.4 Å². The maximum absolute atomic E-state index is 5.06. The smallest absolute Gasteiger partial charge is 0.0894 e. The first-order chi connectivity index (χ1) is 20.8. The van der Waals surface area contributed by atoms with E-state index in [0.717, 1.165) is 33.5 Å². The number of aromatic nitrogens is 2. The molecule has 196 valence electrons. The van der Waals surface area contributed by atoms with Crippen molar-refractivity contribution in [3.8, 4) is 0 Å². The molecular weight excluding hydrogens is 508 g/mol. The number of hydrogen-bond acceptors (Lipinski definition) is 2. The number of fused-ring (bicyclic) bond motifs is 7. The van der Waals surface area contributed by atoms with Crippen molar-refractivity contribution in [3.05, 3.63) is 156 Å². The summed E-state index contributed by atoms with van der Waals surface area (Å²) in [7, 11) is 0. The van der Waals surface area contributed by atoms with Crippen molar-refractivity contribution in [3.63, 3.8) is 0 Å². The zero-order valence-corrected chi connectivity index (χ0v) is 22.9. The van der Waals surface area contributed by atoms with Crippen molar-refractivity contribution in [2.24, 2.45) is 0 Å². The fourth-order valence-electron chi connectivity index (χ4n) is 6.05. The van der Waals surface area contributed by atoms with Gasteiger partial charge in [0.2, 0.25) is 0 Å². The molecule has 0 saturated carbocycles. The van der Waals surface area contributed by atoms with Crippen LogP contribution in [0, 0.1) is 0 Å². The van der Waals surface area contributed by atoms with Gasteiger partial charge in [0.25, 0.3) is 0 Å². The van der Waals surface area contributed by atoms with E-state index in [2.05, 4.69) is 133 Å². The molecule has 0 N–H and O–H groups in total. The van der Waals surface area contributed by atoms with E-state index in [-0.39, 0.29) is 0 Å². The Bertz CT molecular complexity index is 2190. The van der Waals surface area contributed by atoms with E-state index in [1.165, 1.54) is 43.1 Å². The standard InChI is InChI=1S/C40H26N2/c1-3-13-31-27(11-1)25-29(33-15-5-7-17-35(31)33)21-23-39-40(42-38-20-10-9-19-37(38)41-39)24-22-30-26-28-12-2-4-14-32(28)36-18-8-6-16-34(30)36/h1-26H. The Hall–Kier alpha value is -5.60. The van der Waals surface area contributed by atoms with Crippen LogP contribution < -0.4 is 0 Å². The second kappa shape index (κ2) is 10.1. The molecular formula is C40H26N2. The van der Waals surface area contributed by atoms with Gasteiger partial charge in [0.1, 0.15) is 0 Å². The summed E-state index contributed by atoms with van der Waals surface area (Å²) in [5.74, 6) is 0. The van der Waals surface area contributed by atoms with Crippen LogP contribution in [0.2, 0.25) is 0 Å². The zero-order valence-electron chi connectivity index (χ0n) is 22.9. The van der Waals surface area contributed by atoms with E-state index in [0.29, 0.717) is 0 Å². The van der Waals surface area contributed by atoms with Gasteiger partial charge < -0.3 is 0 Å². The van der Waals surface area contributed by atoms with Crippen molar-refractivity contribution in [2.75, 3.05) is 0 Å².